The van der Waals surface area contributed by atoms with Crippen LogP contribution >= 0.6 is 0 Å². The summed E-state index contributed by atoms with van der Waals surface area (Å²) in [7, 11) is 8.38. The fourth-order valence-electron chi connectivity index (χ4n) is 11.9. The molecule has 12 nitrogen and oxygen atoms in total. The first-order valence-corrected chi connectivity index (χ1v) is 23.8. The van der Waals surface area contributed by atoms with E-state index in [1.807, 2.05) is 62.0 Å². The Labute approximate surface area is 413 Å². The third-order valence-corrected chi connectivity index (χ3v) is 15.2. The fourth-order valence-corrected chi connectivity index (χ4v) is 11.9. The van der Waals surface area contributed by atoms with Crippen LogP contribution in [0.4, 0.5) is 77.6 Å². The maximum absolute atomic E-state index is 13.3. The molecule has 8 aliphatic rings. The van der Waals surface area contributed by atoms with Gasteiger partial charge in [0, 0.05) is 101 Å². The summed E-state index contributed by atoms with van der Waals surface area (Å²) in [6.45, 7) is 0. The van der Waals surface area contributed by atoms with Gasteiger partial charge < -0.3 is 39.2 Å². The van der Waals surface area contributed by atoms with E-state index in [4.69, 9.17) is 0 Å². The number of fused-ring (bicyclic) bond motifs is 20. The lowest BCUT2D eigenvalue weighted by Crippen LogP contribution is -2.36. The average molecular weight is 945 g/mol. The van der Waals surface area contributed by atoms with Crippen LogP contribution in [0, 0.1) is 11.6 Å². The van der Waals surface area contributed by atoms with Gasteiger partial charge in [0.25, 0.3) is 0 Å². The summed E-state index contributed by atoms with van der Waals surface area (Å²) < 4.78 is 26.6. The number of hydrogen-bond acceptors (Lipinski definition) is 12. The molecule has 4 aromatic heterocycles. The first-order valence-electron chi connectivity index (χ1n) is 23.8. The predicted octanol–water partition coefficient (Wildman–Crippen LogP) is 11.1. The van der Waals surface area contributed by atoms with Crippen molar-refractivity contribution in [2.45, 2.75) is 57.8 Å². The number of benzene rings is 4. The molecule has 356 valence electrons. The van der Waals surface area contributed by atoms with Crippen molar-refractivity contribution in [2.75, 3.05) is 67.4 Å². The summed E-state index contributed by atoms with van der Waals surface area (Å²) >= 11 is 0. The summed E-state index contributed by atoms with van der Waals surface area (Å²) in [4.78, 5) is 36.1. The zero-order valence-corrected chi connectivity index (χ0v) is 39.3. The number of nitrogens with zero attached hydrogens (tertiary/aromatic N) is 12. The Morgan fingerprint density at radius 1 is 0.338 bits per heavy atom. The lowest BCUT2D eigenvalue weighted by Gasteiger charge is -2.23. The van der Waals surface area contributed by atoms with Crippen molar-refractivity contribution in [2.24, 2.45) is 0 Å². The quantitative estimate of drug-likeness (QED) is 0.145. The standard InChI is InChI=1S/2C14H12FN3.2C14H13N3.CH4/c1-17-13-8-9-7-10(15)4-5-11(9)18(13)12-3-2-6-16-14(12)17;1-17-12-3-2-6-16-14(12)18-11-5-4-10(15)7-9(11)8-13(17)18;1-16-13-9-10-5-2-3-6-11(10)17(13)12-7-4-8-15-14(12)16;1-16-12-7-4-8-15-14(12)17-11-6-3-2-5-10(11)9-13(16)17;/h2*2-7,13H,8H2,1H3;2*2-8,13H,9H2,1H3;1H4. The Morgan fingerprint density at radius 2 is 0.662 bits per heavy atom. The molecule has 4 aromatic carbocycles. The fraction of sp³-hybridized carbons (Fsp3) is 0.228. The van der Waals surface area contributed by atoms with Crippen LogP contribution < -0.4 is 39.2 Å². The molecule has 14 heteroatoms. The number of anilines is 12. The molecule has 0 spiro atoms. The minimum absolute atomic E-state index is 0. The van der Waals surface area contributed by atoms with Gasteiger partial charge in [-0.1, -0.05) is 43.8 Å². The molecule has 4 unspecified atom stereocenters. The molecule has 0 bridgehead atoms. The Hall–Kier alpha value is -8.26. The molecule has 8 aromatic rings. The minimum Gasteiger partial charge on any atom is -0.351 e. The van der Waals surface area contributed by atoms with Crippen molar-refractivity contribution < 1.29 is 8.78 Å². The van der Waals surface area contributed by atoms with E-state index in [2.05, 4.69) is 153 Å². The number of halogens is 2. The summed E-state index contributed by atoms with van der Waals surface area (Å²) in [5.74, 6) is 3.81. The zero-order valence-electron chi connectivity index (χ0n) is 39.3. The Balaban J connectivity index is 0.0000000967. The smallest absolute Gasteiger partial charge is 0.158 e. The molecule has 71 heavy (non-hydrogen) atoms. The van der Waals surface area contributed by atoms with E-state index in [0.29, 0.717) is 12.3 Å². The molecule has 0 radical (unpaired) electrons. The van der Waals surface area contributed by atoms with Crippen molar-refractivity contribution in [1.29, 1.82) is 0 Å². The molecule has 0 N–H and O–H groups in total. The number of pyridine rings is 4. The predicted molar refractivity (Wildman–Crippen MR) is 281 cm³/mol. The molecular weight excluding hydrogens is 891 g/mol. The monoisotopic (exact) mass is 944 g/mol. The molecule has 0 saturated heterocycles. The van der Waals surface area contributed by atoms with Crippen molar-refractivity contribution in [3.05, 3.63) is 192 Å². The number of rotatable bonds is 0. The van der Waals surface area contributed by atoms with Crippen LogP contribution in [0.5, 0.6) is 0 Å². The first kappa shape index (κ1) is 44.0. The number of likely N-dealkylation sites (N-methyl/N-ethyl adjacent to an activating group) is 4. The van der Waals surface area contributed by atoms with E-state index < -0.39 is 0 Å². The van der Waals surface area contributed by atoms with Gasteiger partial charge in [-0.15, -0.1) is 0 Å². The van der Waals surface area contributed by atoms with Crippen LogP contribution in [0.3, 0.4) is 0 Å². The third-order valence-electron chi connectivity index (χ3n) is 15.2. The molecule has 12 heterocycles. The highest BCUT2D eigenvalue weighted by molar-refractivity contribution is 5.87. The summed E-state index contributed by atoms with van der Waals surface area (Å²) in [6.07, 6.45) is 12.4. The number of hydrogen-bond donors (Lipinski definition) is 0. The van der Waals surface area contributed by atoms with E-state index in [1.54, 1.807) is 18.3 Å². The number of aromatic nitrogens is 4. The average Bonchev–Trinajstić information content (AvgIpc) is 4.28. The van der Waals surface area contributed by atoms with E-state index in [-0.39, 0.29) is 31.4 Å². The van der Waals surface area contributed by atoms with Gasteiger partial charge in [0.2, 0.25) is 0 Å². The van der Waals surface area contributed by atoms with Gasteiger partial charge in [-0.3, -0.25) is 0 Å². The minimum atomic E-state index is -0.168. The van der Waals surface area contributed by atoms with Crippen LogP contribution in [0.15, 0.2) is 158 Å². The van der Waals surface area contributed by atoms with Crippen LogP contribution in [0.2, 0.25) is 0 Å². The maximum Gasteiger partial charge on any atom is 0.158 e. The second-order valence-corrected chi connectivity index (χ2v) is 18.9. The van der Waals surface area contributed by atoms with Gasteiger partial charge in [0.15, 0.2) is 23.3 Å². The van der Waals surface area contributed by atoms with Crippen molar-refractivity contribution in [3.8, 4) is 0 Å². The van der Waals surface area contributed by atoms with E-state index in [9.17, 15) is 8.78 Å². The molecule has 0 saturated carbocycles. The van der Waals surface area contributed by atoms with Crippen LogP contribution in [0.25, 0.3) is 0 Å². The Bertz CT molecular complexity index is 3130. The highest BCUT2D eigenvalue weighted by Gasteiger charge is 2.44. The maximum atomic E-state index is 13.3. The lowest BCUT2D eigenvalue weighted by molar-refractivity contribution is 0.625. The lowest BCUT2D eigenvalue weighted by atomic mass is 10.1. The van der Waals surface area contributed by atoms with Gasteiger partial charge in [0.05, 0.1) is 22.7 Å². The van der Waals surface area contributed by atoms with E-state index in [1.165, 1.54) is 46.0 Å². The molecule has 4 atom stereocenters. The Kier molecular flexibility index (Phi) is 10.5. The zero-order chi connectivity index (χ0) is 47.4. The van der Waals surface area contributed by atoms with Gasteiger partial charge in [0.1, 0.15) is 36.3 Å². The molecule has 16 rings (SSSR count). The van der Waals surface area contributed by atoms with E-state index >= 15 is 0 Å². The normalized spacial score (nSPS) is 19.7. The SMILES string of the molecule is C.CN1c2cccnc2N2c3ccc(F)cc3CC12.CN1c2cccnc2N2c3ccccc3CC12.CN1c2ncccc2N2c3ccc(F)cc3CC12.CN1c2ncccc2N2c3ccccc3CC12. The second kappa shape index (κ2) is 17.0. The van der Waals surface area contributed by atoms with Gasteiger partial charge in [-0.05, 0) is 119 Å². The van der Waals surface area contributed by atoms with Crippen LogP contribution in [0.1, 0.15) is 29.7 Å². The van der Waals surface area contributed by atoms with Crippen LogP contribution in [-0.2, 0) is 25.7 Å². The largest absolute Gasteiger partial charge is 0.351 e. The third kappa shape index (κ3) is 6.82. The van der Waals surface area contributed by atoms with Crippen LogP contribution in [-0.4, -0.2) is 72.8 Å². The van der Waals surface area contributed by atoms with Gasteiger partial charge in [-0.2, -0.15) is 0 Å². The van der Waals surface area contributed by atoms with Crippen molar-refractivity contribution >= 4 is 68.8 Å². The van der Waals surface area contributed by atoms with Crippen molar-refractivity contribution in [1.82, 2.24) is 19.9 Å². The van der Waals surface area contributed by atoms with Crippen molar-refractivity contribution in [3.63, 3.8) is 0 Å². The molecular formula is C57H54F2N12. The topological polar surface area (TPSA) is 77.5 Å². The molecule has 0 amide bonds. The highest BCUT2D eigenvalue weighted by atomic mass is 19.1. The summed E-state index contributed by atoms with van der Waals surface area (Å²) in [5, 5.41) is 0. The summed E-state index contributed by atoms with van der Waals surface area (Å²) in [6, 6.07) is 43.6. The second-order valence-electron chi connectivity index (χ2n) is 18.9. The van der Waals surface area contributed by atoms with Gasteiger partial charge >= 0.3 is 0 Å². The van der Waals surface area contributed by atoms with Gasteiger partial charge in [-0.25, -0.2) is 28.7 Å². The highest BCUT2D eigenvalue weighted by Crippen LogP contribution is 2.51. The molecule has 8 aliphatic heterocycles. The summed E-state index contributed by atoms with van der Waals surface area (Å²) in [5.41, 5.74) is 14.5. The van der Waals surface area contributed by atoms with E-state index in [0.717, 1.165) is 82.8 Å². The Morgan fingerprint density at radius 3 is 1.11 bits per heavy atom. The number of para-hydroxylation sites is 2. The first-order chi connectivity index (χ1) is 34.2. The molecule has 0 fully saturated rings. The molecule has 0 aliphatic carbocycles.